The van der Waals surface area contributed by atoms with Gasteiger partial charge in [0, 0.05) is 25.9 Å². The fourth-order valence-corrected chi connectivity index (χ4v) is 3.65. The molecule has 0 spiro atoms. The highest BCUT2D eigenvalue weighted by atomic mass is 32.1. The van der Waals surface area contributed by atoms with Gasteiger partial charge in [0.25, 0.3) is 0 Å². The maximum absolute atomic E-state index is 12.2. The van der Waals surface area contributed by atoms with Crippen LogP contribution in [0.15, 0.2) is 17.8 Å². The quantitative estimate of drug-likeness (QED) is 0.717. The molecule has 1 amide bonds. The third-order valence-corrected chi connectivity index (χ3v) is 5.07. The van der Waals surface area contributed by atoms with E-state index >= 15 is 0 Å². The molecule has 4 rings (SSSR count). The van der Waals surface area contributed by atoms with E-state index in [1.165, 1.54) is 17.0 Å². The van der Waals surface area contributed by atoms with E-state index in [-0.39, 0.29) is 11.9 Å². The number of fused-ring (bicyclic) bond motifs is 2. The second kappa shape index (κ2) is 6.93. The van der Waals surface area contributed by atoms with Crippen LogP contribution >= 0.6 is 11.3 Å². The first-order valence-corrected chi connectivity index (χ1v) is 9.41. The van der Waals surface area contributed by atoms with Gasteiger partial charge in [0.2, 0.25) is 10.9 Å². The first kappa shape index (κ1) is 16.2. The molecule has 1 unspecified atom stereocenters. The monoisotopic (exact) mass is 359 g/mol. The smallest absolute Gasteiger partial charge is 0.220 e. The van der Waals surface area contributed by atoms with Crippen LogP contribution < -0.4 is 10.6 Å². The zero-order valence-electron chi connectivity index (χ0n) is 14.1. The van der Waals surface area contributed by atoms with Crippen LogP contribution in [0.4, 0.5) is 0 Å². The van der Waals surface area contributed by atoms with Gasteiger partial charge >= 0.3 is 0 Å². The zero-order chi connectivity index (χ0) is 17.2. The van der Waals surface area contributed by atoms with E-state index in [9.17, 15) is 4.79 Å². The molecule has 0 aromatic carbocycles. The molecule has 3 aromatic rings. The van der Waals surface area contributed by atoms with Gasteiger partial charge in [-0.15, -0.1) is 0 Å². The summed E-state index contributed by atoms with van der Waals surface area (Å²) < 4.78 is 3.79. The molecule has 0 bridgehead atoms. The Labute approximate surface area is 149 Å². The summed E-state index contributed by atoms with van der Waals surface area (Å²) in [5, 5.41) is 15.2. The molecule has 0 saturated carbocycles. The third kappa shape index (κ3) is 3.57. The molecule has 0 fully saturated rings. The lowest BCUT2D eigenvalue weighted by Crippen LogP contribution is -2.27. The second-order valence-corrected chi connectivity index (χ2v) is 7.11. The van der Waals surface area contributed by atoms with Crippen molar-refractivity contribution in [3.63, 3.8) is 0 Å². The minimum absolute atomic E-state index is 0.0122. The summed E-state index contributed by atoms with van der Waals surface area (Å²) in [6, 6.07) is 1.97. The van der Waals surface area contributed by atoms with Crippen molar-refractivity contribution in [2.24, 2.45) is 0 Å². The number of amides is 1. The van der Waals surface area contributed by atoms with Gasteiger partial charge in [0.15, 0.2) is 0 Å². The van der Waals surface area contributed by atoms with E-state index in [1.54, 1.807) is 10.0 Å². The van der Waals surface area contributed by atoms with Gasteiger partial charge in [-0.25, -0.2) is 9.50 Å². The number of rotatable bonds is 5. The minimum atomic E-state index is -0.135. The van der Waals surface area contributed by atoms with E-state index < -0.39 is 0 Å². The molecule has 1 aliphatic heterocycles. The van der Waals surface area contributed by atoms with E-state index in [0.29, 0.717) is 12.8 Å². The number of carbonyl (C=O) groups excluding carboxylic acids is 1. The van der Waals surface area contributed by atoms with Gasteiger partial charge in [0.05, 0.1) is 29.3 Å². The Morgan fingerprint density at radius 1 is 1.52 bits per heavy atom. The molecule has 0 saturated heterocycles. The molecular formula is C16H21N7OS. The van der Waals surface area contributed by atoms with Crippen LogP contribution in [0, 0.1) is 0 Å². The Hall–Kier alpha value is -2.26. The normalized spacial score (nSPS) is 15.7. The van der Waals surface area contributed by atoms with Crippen molar-refractivity contribution in [2.45, 2.75) is 45.3 Å². The number of aromatic nitrogens is 5. The first-order chi connectivity index (χ1) is 12.2. The lowest BCUT2D eigenvalue weighted by Gasteiger charge is -2.10. The minimum Gasteiger partial charge on any atom is -0.348 e. The molecule has 132 valence electrons. The van der Waals surface area contributed by atoms with Crippen LogP contribution in [0.25, 0.3) is 4.96 Å². The van der Waals surface area contributed by atoms with Crippen LogP contribution in [-0.2, 0) is 24.3 Å². The van der Waals surface area contributed by atoms with E-state index in [1.807, 2.05) is 13.1 Å². The van der Waals surface area contributed by atoms with Crippen LogP contribution in [0.2, 0.25) is 0 Å². The highest BCUT2D eigenvalue weighted by Crippen LogP contribution is 2.15. The van der Waals surface area contributed by atoms with Gasteiger partial charge in [-0.1, -0.05) is 11.3 Å². The van der Waals surface area contributed by atoms with Crippen LogP contribution in [0.5, 0.6) is 0 Å². The summed E-state index contributed by atoms with van der Waals surface area (Å²) in [5.41, 5.74) is 4.75. The molecule has 0 aliphatic carbocycles. The third-order valence-electron chi connectivity index (χ3n) is 4.38. The summed E-state index contributed by atoms with van der Waals surface area (Å²) in [5.74, 6) is 0.0122. The van der Waals surface area contributed by atoms with Crippen molar-refractivity contribution in [3.8, 4) is 0 Å². The van der Waals surface area contributed by atoms with Crippen molar-refractivity contribution in [3.05, 3.63) is 34.9 Å². The van der Waals surface area contributed by atoms with Crippen molar-refractivity contribution in [1.29, 1.82) is 0 Å². The van der Waals surface area contributed by atoms with Crippen molar-refractivity contribution < 1.29 is 4.79 Å². The number of carbonyl (C=O) groups is 1. The first-order valence-electron chi connectivity index (χ1n) is 8.53. The van der Waals surface area contributed by atoms with E-state index in [0.717, 1.165) is 42.4 Å². The summed E-state index contributed by atoms with van der Waals surface area (Å²) in [6.07, 6.45) is 4.02. The molecular weight excluding hydrogens is 338 g/mol. The second-order valence-electron chi connectivity index (χ2n) is 6.30. The average molecular weight is 359 g/mol. The Balaban J connectivity index is 1.32. The lowest BCUT2D eigenvalue weighted by atomic mass is 10.2. The number of nitrogens with one attached hydrogen (secondary N) is 2. The lowest BCUT2D eigenvalue weighted by molar-refractivity contribution is -0.121. The molecule has 25 heavy (non-hydrogen) atoms. The number of aryl methyl sites for hydroxylation is 2. The number of nitrogens with zero attached hydrogens (tertiary/aromatic N) is 5. The number of hydrogen-bond acceptors (Lipinski definition) is 6. The Morgan fingerprint density at radius 2 is 2.44 bits per heavy atom. The molecule has 9 heteroatoms. The highest BCUT2D eigenvalue weighted by Gasteiger charge is 2.15. The molecule has 3 aromatic heterocycles. The molecule has 0 radical (unpaired) electrons. The van der Waals surface area contributed by atoms with Crippen molar-refractivity contribution >= 4 is 22.2 Å². The van der Waals surface area contributed by atoms with Gasteiger partial charge < -0.3 is 10.6 Å². The van der Waals surface area contributed by atoms with E-state index in [2.05, 4.69) is 36.6 Å². The van der Waals surface area contributed by atoms with Gasteiger partial charge in [-0.05, 0) is 26.0 Å². The Bertz CT molecular complexity index is 828. The largest absolute Gasteiger partial charge is 0.348 e. The standard InChI is InChI=1S/C16H21N7OS/c1-11(14-9-23-16(20-14)25-10-18-23)19-15(24)4-3-12-7-13-8-17-5-2-6-22(13)21-12/h7,9-11,17H,2-6,8H2,1H3,(H,19,24). The molecule has 2 N–H and O–H groups in total. The summed E-state index contributed by atoms with van der Waals surface area (Å²) in [6.45, 7) is 4.76. The number of imidazole rings is 1. The maximum Gasteiger partial charge on any atom is 0.220 e. The molecule has 1 aliphatic rings. The molecule has 8 nitrogen and oxygen atoms in total. The van der Waals surface area contributed by atoms with E-state index in [4.69, 9.17) is 0 Å². The van der Waals surface area contributed by atoms with Gasteiger partial charge in [-0.2, -0.15) is 10.2 Å². The molecule has 1 atom stereocenters. The summed E-state index contributed by atoms with van der Waals surface area (Å²) in [7, 11) is 0. The predicted molar refractivity (Wildman–Crippen MR) is 94.3 cm³/mol. The van der Waals surface area contributed by atoms with Crippen LogP contribution in [-0.4, -0.2) is 36.8 Å². The fourth-order valence-electron chi connectivity index (χ4n) is 3.04. The SMILES string of the molecule is CC(NC(=O)CCc1cc2n(n1)CCCNC2)c1cn2ncsc2n1. The Kier molecular flexibility index (Phi) is 4.50. The maximum atomic E-state index is 12.2. The Morgan fingerprint density at radius 3 is 3.32 bits per heavy atom. The highest BCUT2D eigenvalue weighted by molar-refractivity contribution is 7.14. The van der Waals surface area contributed by atoms with Crippen molar-refractivity contribution in [2.75, 3.05) is 6.54 Å². The topological polar surface area (TPSA) is 89.1 Å². The predicted octanol–water partition coefficient (Wildman–Crippen LogP) is 1.29. The van der Waals surface area contributed by atoms with Crippen LogP contribution in [0.3, 0.4) is 0 Å². The average Bonchev–Trinajstić information content (AvgIpc) is 3.24. The summed E-state index contributed by atoms with van der Waals surface area (Å²) >= 11 is 1.48. The van der Waals surface area contributed by atoms with Crippen molar-refractivity contribution in [1.82, 2.24) is 35.0 Å². The molecule has 4 heterocycles. The van der Waals surface area contributed by atoms with Gasteiger partial charge in [0.1, 0.15) is 5.51 Å². The fraction of sp³-hybridized carbons (Fsp3) is 0.500. The number of hydrogen-bond donors (Lipinski definition) is 2. The van der Waals surface area contributed by atoms with Gasteiger partial charge in [-0.3, -0.25) is 9.48 Å². The summed E-state index contributed by atoms with van der Waals surface area (Å²) in [4.78, 5) is 17.6. The zero-order valence-corrected chi connectivity index (χ0v) is 14.9. The van der Waals surface area contributed by atoms with Crippen LogP contribution in [0.1, 0.15) is 42.9 Å².